The summed E-state index contributed by atoms with van der Waals surface area (Å²) in [5.74, 6) is -1.10. The molecule has 11 nitrogen and oxygen atoms in total. The van der Waals surface area contributed by atoms with Crippen LogP contribution in [0.1, 0.15) is 17.2 Å². The van der Waals surface area contributed by atoms with Crippen LogP contribution in [0.15, 0.2) is 30.3 Å². The van der Waals surface area contributed by atoms with Crippen LogP contribution >= 0.6 is 0 Å². The summed E-state index contributed by atoms with van der Waals surface area (Å²) in [5.41, 5.74) is 0.667. The van der Waals surface area contributed by atoms with Crippen LogP contribution in [0.3, 0.4) is 0 Å². The molecule has 8 N–H and O–H groups in total. The van der Waals surface area contributed by atoms with E-state index in [0.29, 0.717) is 11.1 Å². The zero-order chi connectivity index (χ0) is 23.2. The number of phenols is 4. The van der Waals surface area contributed by atoms with Gasteiger partial charge in [-0.1, -0.05) is 6.07 Å². The third-order valence-corrected chi connectivity index (χ3v) is 5.65. The first-order chi connectivity index (χ1) is 15.2. The van der Waals surface area contributed by atoms with Crippen molar-refractivity contribution in [3.63, 3.8) is 0 Å². The van der Waals surface area contributed by atoms with Gasteiger partial charge in [-0.2, -0.15) is 0 Å². The van der Waals surface area contributed by atoms with Crippen LogP contribution in [-0.2, 0) is 15.9 Å². The van der Waals surface area contributed by atoms with Crippen LogP contribution in [0, 0.1) is 0 Å². The molecule has 174 valence electrons. The number of rotatable bonds is 4. The van der Waals surface area contributed by atoms with E-state index in [9.17, 15) is 40.9 Å². The second kappa shape index (κ2) is 8.62. The van der Waals surface area contributed by atoms with Crippen molar-refractivity contribution in [1.29, 1.82) is 0 Å². The Morgan fingerprint density at radius 1 is 0.875 bits per heavy atom. The molecule has 0 saturated carbocycles. The van der Waals surface area contributed by atoms with Gasteiger partial charge in [0.05, 0.1) is 6.61 Å². The van der Waals surface area contributed by atoms with Gasteiger partial charge in [0.25, 0.3) is 0 Å². The standard InChI is InChI=1S/C21H24O11/c22-7-16-17(27)18(28)19(29)21(32-16)31-15-6-10-12(25)4-9(23)5-14(10)30-20(15)8-1-2-11(24)13(26)3-8/h1-5,15-29H,6-7H2/t15-,16?,17-,18+,19?,20?,21-/m1/s1. The number of aromatic hydroxyl groups is 4. The molecule has 32 heavy (non-hydrogen) atoms. The van der Waals surface area contributed by atoms with Crippen LogP contribution in [0.2, 0.25) is 0 Å². The highest BCUT2D eigenvalue weighted by atomic mass is 16.7. The predicted molar refractivity (Wildman–Crippen MR) is 105 cm³/mol. The number of hydrogen-bond acceptors (Lipinski definition) is 11. The number of aliphatic hydroxyl groups excluding tert-OH is 4. The summed E-state index contributed by atoms with van der Waals surface area (Å²) < 4.78 is 17.2. The lowest BCUT2D eigenvalue weighted by Crippen LogP contribution is -2.60. The van der Waals surface area contributed by atoms with Crippen molar-refractivity contribution in [3.8, 4) is 28.7 Å². The van der Waals surface area contributed by atoms with E-state index in [1.54, 1.807) is 0 Å². The van der Waals surface area contributed by atoms with Crippen LogP contribution in [0.25, 0.3) is 0 Å². The van der Waals surface area contributed by atoms with Gasteiger partial charge in [-0.25, -0.2) is 0 Å². The largest absolute Gasteiger partial charge is 0.508 e. The first-order valence-electron chi connectivity index (χ1n) is 9.89. The number of hydrogen-bond donors (Lipinski definition) is 8. The number of ether oxygens (including phenoxy) is 3. The maximum absolute atomic E-state index is 10.3. The summed E-state index contributed by atoms with van der Waals surface area (Å²) in [6.07, 6.45) is -9.41. The molecule has 7 atom stereocenters. The maximum Gasteiger partial charge on any atom is 0.187 e. The molecule has 4 rings (SSSR count). The normalized spacial score (nSPS) is 32.2. The van der Waals surface area contributed by atoms with Crippen molar-refractivity contribution in [1.82, 2.24) is 0 Å². The van der Waals surface area contributed by atoms with Gasteiger partial charge in [0, 0.05) is 24.1 Å². The van der Waals surface area contributed by atoms with Crippen molar-refractivity contribution in [2.45, 2.75) is 49.3 Å². The van der Waals surface area contributed by atoms with E-state index in [1.165, 1.54) is 24.3 Å². The topological polar surface area (TPSA) is 190 Å². The van der Waals surface area contributed by atoms with Crippen molar-refractivity contribution in [2.24, 2.45) is 0 Å². The lowest BCUT2D eigenvalue weighted by molar-refractivity contribution is -0.317. The first-order valence-corrected chi connectivity index (χ1v) is 9.89. The van der Waals surface area contributed by atoms with E-state index >= 15 is 0 Å². The zero-order valence-corrected chi connectivity index (χ0v) is 16.6. The predicted octanol–water partition coefficient (Wildman–Crippen LogP) is -0.630. The highest BCUT2D eigenvalue weighted by Crippen LogP contribution is 2.44. The quantitative estimate of drug-likeness (QED) is 0.276. The average molecular weight is 452 g/mol. The molecule has 0 radical (unpaired) electrons. The minimum absolute atomic E-state index is 0.0166. The number of phenolic OH excluding ortho intramolecular Hbond substituents is 4. The highest BCUT2D eigenvalue weighted by molar-refractivity contribution is 5.52. The fourth-order valence-electron chi connectivity index (χ4n) is 3.92. The molecule has 0 aliphatic carbocycles. The lowest BCUT2D eigenvalue weighted by atomic mass is 9.93. The van der Waals surface area contributed by atoms with Crippen LogP contribution in [0.5, 0.6) is 28.7 Å². The van der Waals surface area contributed by atoms with Crippen molar-refractivity contribution < 1.29 is 55.1 Å². The molecule has 0 aromatic heterocycles. The zero-order valence-electron chi connectivity index (χ0n) is 16.6. The van der Waals surface area contributed by atoms with E-state index in [-0.39, 0.29) is 29.4 Å². The van der Waals surface area contributed by atoms with Crippen molar-refractivity contribution >= 4 is 0 Å². The Morgan fingerprint density at radius 3 is 2.31 bits per heavy atom. The molecule has 2 aromatic carbocycles. The van der Waals surface area contributed by atoms with E-state index in [0.717, 1.165) is 6.07 Å². The molecular weight excluding hydrogens is 428 g/mol. The fourth-order valence-corrected chi connectivity index (χ4v) is 3.92. The van der Waals surface area contributed by atoms with Gasteiger partial charge in [-0.15, -0.1) is 0 Å². The molecular formula is C21H24O11. The monoisotopic (exact) mass is 452 g/mol. The van der Waals surface area contributed by atoms with Crippen LogP contribution in [0.4, 0.5) is 0 Å². The Labute approximate surface area is 181 Å². The van der Waals surface area contributed by atoms with Gasteiger partial charge in [-0.05, 0) is 17.7 Å². The van der Waals surface area contributed by atoms with Gasteiger partial charge >= 0.3 is 0 Å². The van der Waals surface area contributed by atoms with E-state index in [2.05, 4.69) is 0 Å². The Kier molecular flexibility index (Phi) is 6.03. The molecule has 1 saturated heterocycles. The fraction of sp³-hybridized carbons (Fsp3) is 0.429. The van der Waals surface area contributed by atoms with Gasteiger partial charge in [0.1, 0.15) is 47.8 Å². The first kappa shape index (κ1) is 22.4. The second-order valence-electron chi connectivity index (χ2n) is 7.80. The summed E-state index contributed by atoms with van der Waals surface area (Å²) in [6, 6.07) is 6.38. The third kappa shape index (κ3) is 4.01. The summed E-state index contributed by atoms with van der Waals surface area (Å²) in [7, 11) is 0. The molecule has 0 spiro atoms. The summed E-state index contributed by atoms with van der Waals surface area (Å²) in [5, 5.41) is 79.4. The second-order valence-corrected chi connectivity index (χ2v) is 7.80. The molecule has 11 heteroatoms. The molecule has 0 bridgehead atoms. The number of fused-ring (bicyclic) bond motifs is 1. The molecule has 2 aliphatic rings. The van der Waals surface area contributed by atoms with Gasteiger partial charge in [0.2, 0.25) is 0 Å². The summed E-state index contributed by atoms with van der Waals surface area (Å²) >= 11 is 0. The minimum atomic E-state index is -1.66. The van der Waals surface area contributed by atoms with E-state index in [1.807, 2.05) is 0 Å². The van der Waals surface area contributed by atoms with Gasteiger partial charge < -0.3 is 55.1 Å². The summed E-state index contributed by atoms with van der Waals surface area (Å²) in [4.78, 5) is 0. The van der Waals surface area contributed by atoms with Crippen molar-refractivity contribution in [2.75, 3.05) is 6.61 Å². The van der Waals surface area contributed by atoms with Gasteiger partial charge in [-0.3, -0.25) is 0 Å². The van der Waals surface area contributed by atoms with E-state index < -0.39 is 55.3 Å². The molecule has 3 unspecified atom stereocenters. The van der Waals surface area contributed by atoms with Crippen LogP contribution in [-0.4, -0.2) is 84.3 Å². The van der Waals surface area contributed by atoms with Gasteiger partial charge in [0.15, 0.2) is 23.9 Å². The Hall–Kier alpha value is -2.80. The Balaban J connectivity index is 1.68. The lowest BCUT2D eigenvalue weighted by Gasteiger charge is -2.43. The SMILES string of the molecule is OCC1O[C@@H](O[C@@H]2Cc3c(O)cc(O)cc3OC2c2ccc(O)c(O)c2)C(O)[C@@H](O)[C@@H]1O. The van der Waals surface area contributed by atoms with E-state index in [4.69, 9.17) is 14.2 Å². The Morgan fingerprint density at radius 2 is 1.62 bits per heavy atom. The minimum Gasteiger partial charge on any atom is -0.508 e. The molecule has 1 fully saturated rings. The van der Waals surface area contributed by atoms with Crippen LogP contribution < -0.4 is 4.74 Å². The molecule has 2 aliphatic heterocycles. The maximum atomic E-state index is 10.3. The third-order valence-electron chi connectivity index (χ3n) is 5.65. The Bertz CT molecular complexity index is 978. The smallest absolute Gasteiger partial charge is 0.187 e. The molecule has 2 aromatic rings. The average Bonchev–Trinajstić information content (AvgIpc) is 2.76. The number of aliphatic hydroxyl groups is 4. The molecule has 2 heterocycles. The summed E-state index contributed by atoms with van der Waals surface area (Å²) in [6.45, 7) is -0.635. The molecule has 0 amide bonds. The van der Waals surface area contributed by atoms with Crippen molar-refractivity contribution in [3.05, 3.63) is 41.5 Å². The highest BCUT2D eigenvalue weighted by Gasteiger charge is 2.46. The number of benzene rings is 2.